The summed E-state index contributed by atoms with van der Waals surface area (Å²) in [6.45, 7) is -0.498. The molecule has 0 aliphatic rings. The van der Waals surface area contributed by atoms with Crippen LogP contribution in [0.1, 0.15) is 5.56 Å². The van der Waals surface area contributed by atoms with Gasteiger partial charge < -0.3 is 9.84 Å². The van der Waals surface area contributed by atoms with Crippen LogP contribution in [-0.2, 0) is 6.61 Å². The van der Waals surface area contributed by atoms with Gasteiger partial charge in [-0.1, -0.05) is 0 Å². The van der Waals surface area contributed by atoms with Crippen molar-refractivity contribution in [1.29, 1.82) is 0 Å². The first-order valence-electron chi connectivity index (χ1n) is 5.52. The van der Waals surface area contributed by atoms with E-state index in [0.717, 1.165) is 30.3 Å². The van der Waals surface area contributed by atoms with Crippen LogP contribution in [0.2, 0.25) is 0 Å². The number of ether oxygens (including phenoxy) is 1. The number of halogens is 2. The van der Waals surface area contributed by atoms with E-state index in [2.05, 4.69) is 0 Å². The Morgan fingerprint density at radius 3 is 2.30 bits per heavy atom. The number of rotatable bonds is 4. The van der Waals surface area contributed by atoms with Crippen molar-refractivity contribution in [1.82, 2.24) is 0 Å². The summed E-state index contributed by atoms with van der Waals surface area (Å²) >= 11 is 0. The smallest absolute Gasteiger partial charge is 0.314 e. The molecule has 0 saturated carbocycles. The summed E-state index contributed by atoms with van der Waals surface area (Å²) in [5, 5.41) is 19.9. The zero-order chi connectivity index (χ0) is 14.7. The topological polar surface area (TPSA) is 72.6 Å². The number of nitro groups is 1. The molecule has 0 aliphatic carbocycles. The van der Waals surface area contributed by atoms with Crippen LogP contribution in [-0.4, -0.2) is 10.0 Å². The highest BCUT2D eigenvalue weighted by Crippen LogP contribution is 2.33. The zero-order valence-corrected chi connectivity index (χ0v) is 10.0. The molecule has 2 rings (SSSR count). The van der Waals surface area contributed by atoms with Crippen molar-refractivity contribution >= 4 is 5.69 Å². The van der Waals surface area contributed by atoms with Crippen LogP contribution in [0.3, 0.4) is 0 Å². The first-order valence-corrected chi connectivity index (χ1v) is 5.52. The number of aliphatic hydroxyl groups is 1. The van der Waals surface area contributed by atoms with E-state index in [9.17, 15) is 18.9 Å². The van der Waals surface area contributed by atoms with Crippen LogP contribution < -0.4 is 4.74 Å². The quantitative estimate of drug-likeness (QED) is 0.690. The van der Waals surface area contributed by atoms with Crippen molar-refractivity contribution in [2.45, 2.75) is 6.61 Å². The molecular formula is C13H9F2NO4. The number of aliphatic hydroxyl groups excluding tert-OH is 1. The van der Waals surface area contributed by atoms with Crippen molar-refractivity contribution in [3.8, 4) is 11.5 Å². The maximum Gasteiger partial charge on any atom is 0.314 e. The SMILES string of the molecule is O=[N+]([O-])c1cc(F)ccc1Oc1ccc(F)cc1CO. The highest BCUT2D eigenvalue weighted by molar-refractivity contribution is 5.49. The average Bonchev–Trinajstić information content (AvgIpc) is 2.42. The fourth-order valence-electron chi connectivity index (χ4n) is 1.61. The number of nitro benzene ring substituents is 1. The molecule has 0 aromatic heterocycles. The zero-order valence-electron chi connectivity index (χ0n) is 10.0. The summed E-state index contributed by atoms with van der Waals surface area (Å²) in [5.41, 5.74) is -0.429. The van der Waals surface area contributed by atoms with Gasteiger partial charge in [0.1, 0.15) is 17.4 Å². The van der Waals surface area contributed by atoms with Gasteiger partial charge in [0.2, 0.25) is 5.75 Å². The molecule has 0 saturated heterocycles. The highest BCUT2D eigenvalue weighted by atomic mass is 19.1. The van der Waals surface area contributed by atoms with E-state index in [1.807, 2.05) is 0 Å². The largest absolute Gasteiger partial charge is 0.450 e. The van der Waals surface area contributed by atoms with Gasteiger partial charge >= 0.3 is 5.69 Å². The number of nitrogens with zero attached hydrogens (tertiary/aromatic N) is 1. The summed E-state index contributed by atoms with van der Waals surface area (Å²) in [5.74, 6) is -1.48. The van der Waals surface area contributed by atoms with Crippen molar-refractivity contribution in [2.75, 3.05) is 0 Å². The Morgan fingerprint density at radius 2 is 1.70 bits per heavy atom. The monoisotopic (exact) mass is 281 g/mol. The minimum atomic E-state index is -0.791. The van der Waals surface area contributed by atoms with Gasteiger partial charge in [0, 0.05) is 5.56 Å². The van der Waals surface area contributed by atoms with Crippen LogP contribution in [0.15, 0.2) is 36.4 Å². The van der Waals surface area contributed by atoms with Crippen molar-refractivity contribution in [3.63, 3.8) is 0 Å². The maximum atomic E-state index is 13.0. The molecule has 0 unspecified atom stereocenters. The lowest BCUT2D eigenvalue weighted by Crippen LogP contribution is -1.97. The van der Waals surface area contributed by atoms with Gasteiger partial charge in [0.15, 0.2) is 0 Å². The van der Waals surface area contributed by atoms with E-state index >= 15 is 0 Å². The van der Waals surface area contributed by atoms with Gasteiger partial charge in [0.25, 0.3) is 0 Å². The van der Waals surface area contributed by atoms with E-state index < -0.39 is 28.9 Å². The second-order valence-corrected chi connectivity index (χ2v) is 3.88. The predicted molar refractivity (Wildman–Crippen MR) is 65.5 cm³/mol. The van der Waals surface area contributed by atoms with E-state index in [-0.39, 0.29) is 17.1 Å². The lowest BCUT2D eigenvalue weighted by molar-refractivity contribution is -0.385. The van der Waals surface area contributed by atoms with Crippen LogP contribution in [0.5, 0.6) is 11.5 Å². The molecule has 7 heteroatoms. The van der Waals surface area contributed by atoms with Gasteiger partial charge in [-0.2, -0.15) is 0 Å². The average molecular weight is 281 g/mol. The van der Waals surface area contributed by atoms with Crippen LogP contribution >= 0.6 is 0 Å². The van der Waals surface area contributed by atoms with Crippen LogP contribution in [0, 0.1) is 21.7 Å². The van der Waals surface area contributed by atoms with E-state index in [0.29, 0.717) is 0 Å². The summed E-state index contributed by atoms with van der Waals surface area (Å²) in [7, 11) is 0. The number of benzene rings is 2. The standard InChI is InChI=1S/C13H9F2NO4/c14-9-1-3-12(8(5-9)7-17)20-13-4-2-10(15)6-11(13)16(18)19/h1-6,17H,7H2. The van der Waals surface area contributed by atoms with E-state index in [4.69, 9.17) is 9.84 Å². The molecule has 0 heterocycles. The Labute approximate surface area is 112 Å². The van der Waals surface area contributed by atoms with Crippen LogP contribution in [0.4, 0.5) is 14.5 Å². The fourth-order valence-corrected chi connectivity index (χ4v) is 1.61. The van der Waals surface area contributed by atoms with Crippen molar-refractivity contribution in [2.24, 2.45) is 0 Å². The second-order valence-electron chi connectivity index (χ2n) is 3.88. The molecule has 1 N–H and O–H groups in total. The third-order valence-electron chi connectivity index (χ3n) is 2.53. The molecule has 0 radical (unpaired) electrons. The minimum absolute atomic E-state index is 0.0589. The number of hydrogen-bond donors (Lipinski definition) is 1. The molecule has 0 atom stereocenters. The molecule has 0 aliphatic heterocycles. The molecule has 0 spiro atoms. The maximum absolute atomic E-state index is 13.0. The van der Waals surface area contributed by atoms with Crippen LogP contribution in [0.25, 0.3) is 0 Å². The first kappa shape index (κ1) is 13.9. The molecule has 0 amide bonds. The molecule has 20 heavy (non-hydrogen) atoms. The van der Waals surface area contributed by atoms with E-state index in [1.54, 1.807) is 0 Å². The summed E-state index contributed by atoms with van der Waals surface area (Å²) in [6.07, 6.45) is 0. The van der Waals surface area contributed by atoms with Gasteiger partial charge in [-0.3, -0.25) is 10.1 Å². The predicted octanol–water partition coefficient (Wildman–Crippen LogP) is 3.16. The Morgan fingerprint density at radius 1 is 1.10 bits per heavy atom. The van der Waals surface area contributed by atoms with Gasteiger partial charge in [-0.05, 0) is 30.3 Å². The van der Waals surface area contributed by atoms with Gasteiger partial charge in [0.05, 0.1) is 17.6 Å². The second kappa shape index (κ2) is 5.62. The lowest BCUT2D eigenvalue weighted by Gasteiger charge is -2.10. The van der Waals surface area contributed by atoms with E-state index in [1.165, 1.54) is 6.07 Å². The van der Waals surface area contributed by atoms with Gasteiger partial charge in [-0.25, -0.2) is 8.78 Å². The third-order valence-corrected chi connectivity index (χ3v) is 2.53. The Bertz CT molecular complexity index is 661. The van der Waals surface area contributed by atoms with Crippen molar-refractivity contribution < 1.29 is 23.5 Å². The molecular weight excluding hydrogens is 272 g/mol. The first-order chi connectivity index (χ1) is 9.51. The molecule has 2 aromatic rings. The Kier molecular flexibility index (Phi) is 3.90. The summed E-state index contributed by atoms with van der Waals surface area (Å²) < 4.78 is 31.3. The molecule has 5 nitrogen and oxygen atoms in total. The highest BCUT2D eigenvalue weighted by Gasteiger charge is 2.18. The molecule has 0 fully saturated rings. The summed E-state index contributed by atoms with van der Waals surface area (Å²) in [4.78, 5) is 10.0. The fraction of sp³-hybridized carbons (Fsp3) is 0.0769. The number of hydrogen-bond acceptors (Lipinski definition) is 4. The Hall–Kier alpha value is -2.54. The van der Waals surface area contributed by atoms with Gasteiger partial charge in [-0.15, -0.1) is 0 Å². The normalized spacial score (nSPS) is 10.3. The lowest BCUT2D eigenvalue weighted by atomic mass is 10.2. The molecule has 104 valence electrons. The molecule has 2 aromatic carbocycles. The summed E-state index contributed by atoms with van der Waals surface area (Å²) in [6, 6.07) is 6.18. The van der Waals surface area contributed by atoms with Crippen molar-refractivity contribution in [3.05, 3.63) is 63.7 Å². The minimum Gasteiger partial charge on any atom is -0.450 e. The Balaban J connectivity index is 2.42. The molecule has 0 bridgehead atoms. The third kappa shape index (κ3) is 2.89.